The van der Waals surface area contributed by atoms with Gasteiger partial charge in [-0.1, -0.05) is 11.3 Å². The normalized spacial score (nSPS) is 10.3. The maximum Gasteiger partial charge on any atom is 0.264 e. The Hall–Kier alpha value is -3.20. The van der Waals surface area contributed by atoms with Gasteiger partial charge in [-0.2, -0.15) is 0 Å². The predicted molar refractivity (Wildman–Crippen MR) is 99.0 cm³/mol. The number of aromatic nitrogens is 2. The van der Waals surface area contributed by atoms with E-state index < -0.39 is 5.91 Å². The summed E-state index contributed by atoms with van der Waals surface area (Å²) >= 11 is 1.21. The molecule has 3 aromatic rings. The number of hydrogen-bond acceptors (Lipinski definition) is 7. The summed E-state index contributed by atoms with van der Waals surface area (Å²) in [5.41, 5.74) is 0.785. The first kappa shape index (κ1) is 18.6. The molecule has 1 aromatic heterocycles. The van der Waals surface area contributed by atoms with Gasteiger partial charge >= 0.3 is 0 Å². The van der Waals surface area contributed by atoms with Crippen molar-refractivity contribution < 1.29 is 23.4 Å². The standard InChI is InChI=1S/C18H16FN3O4S/c1-24-14-8-3-11(9-15(14)25-2)17-21-22-18(27-17)20-16(23)10-26-13-6-4-12(19)5-7-13/h3-9H,10H2,1-2H3,(H,20,22,23). The van der Waals surface area contributed by atoms with E-state index in [1.54, 1.807) is 26.4 Å². The van der Waals surface area contributed by atoms with Crippen LogP contribution in [-0.2, 0) is 4.79 Å². The summed E-state index contributed by atoms with van der Waals surface area (Å²) in [5.74, 6) is 0.813. The molecular weight excluding hydrogens is 373 g/mol. The molecule has 0 aliphatic rings. The number of anilines is 1. The van der Waals surface area contributed by atoms with Crippen LogP contribution < -0.4 is 19.5 Å². The lowest BCUT2D eigenvalue weighted by Gasteiger charge is -2.07. The molecule has 0 bridgehead atoms. The molecule has 0 atom stereocenters. The number of rotatable bonds is 7. The van der Waals surface area contributed by atoms with Gasteiger partial charge in [0.05, 0.1) is 14.2 Å². The molecule has 0 aliphatic carbocycles. The molecular formula is C18H16FN3O4S. The molecule has 27 heavy (non-hydrogen) atoms. The summed E-state index contributed by atoms with van der Waals surface area (Å²) < 4.78 is 28.6. The number of hydrogen-bond donors (Lipinski definition) is 1. The first-order valence-corrected chi connectivity index (χ1v) is 8.65. The topological polar surface area (TPSA) is 82.6 Å². The third kappa shape index (κ3) is 4.70. The van der Waals surface area contributed by atoms with Crippen LogP contribution in [0.2, 0.25) is 0 Å². The highest BCUT2D eigenvalue weighted by Crippen LogP contribution is 2.34. The van der Waals surface area contributed by atoms with Crippen molar-refractivity contribution >= 4 is 22.4 Å². The molecule has 3 rings (SSSR count). The van der Waals surface area contributed by atoms with Gasteiger partial charge in [0, 0.05) is 5.56 Å². The number of amides is 1. The Morgan fingerprint density at radius 2 is 1.81 bits per heavy atom. The third-order valence-corrected chi connectivity index (χ3v) is 4.37. The molecule has 0 radical (unpaired) electrons. The van der Waals surface area contributed by atoms with Crippen molar-refractivity contribution in [3.63, 3.8) is 0 Å². The summed E-state index contributed by atoms with van der Waals surface area (Å²) in [7, 11) is 3.11. The monoisotopic (exact) mass is 389 g/mol. The van der Waals surface area contributed by atoms with Gasteiger partial charge in [0.1, 0.15) is 16.6 Å². The summed E-state index contributed by atoms with van der Waals surface area (Å²) in [6.45, 7) is -0.225. The molecule has 7 nitrogen and oxygen atoms in total. The molecule has 9 heteroatoms. The second kappa shape index (κ2) is 8.45. The zero-order chi connectivity index (χ0) is 19.2. The van der Waals surface area contributed by atoms with Crippen LogP contribution in [0.15, 0.2) is 42.5 Å². The average Bonchev–Trinajstić information content (AvgIpc) is 3.15. The van der Waals surface area contributed by atoms with E-state index in [2.05, 4.69) is 15.5 Å². The maximum absolute atomic E-state index is 12.8. The summed E-state index contributed by atoms with van der Waals surface area (Å²) in [6.07, 6.45) is 0. The largest absolute Gasteiger partial charge is 0.493 e. The van der Waals surface area contributed by atoms with Crippen LogP contribution in [0.5, 0.6) is 17.2 Å². The Balaban J connectivity index is 1.62. The minimum absolute atomic E-state index is 0.225. The zero-order valence-electron chi connectivity index (χ0n) is 14.6. The fourth-order valence-corrected chi connectivity index (χ4v) is 2.95. The SMILES string of the molecule is COc1ccc(-c2nnc(NC(=O)COc3ccc(F)cc3)s2)cc1OC. The fraction of sp³-hybridized carbons (Fsp3) is 0.167. The number of benzene rings is 2. The number of carbonyl (C=O) groups is 1. The summed E-state index contributed by atoms with van der Waals surface area (Å²) in [5, 5.41) is 11.6. The van der Waals surface area contributed by atoms with Gasteiger partial charge in [0.15, 0.2) is 18.1 Å². The molecule has 1 N–H and O–H groups in total. The number of carbonyl (C=O) groups excluding carboxylic acids is 1. The molecule has 0 fully saturated rings. The molecule has 2 aromatic carbocycles. The maximum atomic E-state index is 12.8. The van der Waals surface area contributed by atoms with Crippen LogP contribution in [0.1, 0.15) is 0 Å². The fourth-order valence-electron chi connectivity index (χ4n) is 2.19. The average molecular weight is 389 g/mol. The van der Waals surface area contributed by atoms with Gasteiger partial charge < -0.3 is 14.2 Å². The Bertz CT molecular complexity index is 931. The highest BCUT2D eigenvalue weighted by Gasteiger charge is 2.13. The van der Waals surface area contributed by atoms with Crippen molar-refractivity contribution in [1.29, 1.82) is 0 Å². The van der Waals surface area contributed by atoms with Gasteiger partial charge in [0.25, 0.3) is 5.91 Å². The van der Waals surface area contributed by atoms with E-state index in [1.165, 1.54) is 35.6 Å². The smallest absolute Gasteiger partial charge is 0.264 e. The van der Waals surface area contributed by atoms with E-state index in [9.17, 15) is 9.18 Å². The highest BCUT2D eigenvalue weighted by molar-refractivity contribution is 7.18. The van der Waals surface area contributed by atoms with Crippen LogP contribution in [0.3, 0.4) is 0 Å². The Morgan fingerprint density at radius 1 is 1.07 bits per heavy atom. The first-order valence-electron chi connectivity index (χ1n) is 7.83. The summed E-state index contributed by atoms with van der Waals surface area (Å²) in [6, 6.07) is 10.8. The second-order valence-electron chi connectivity index (χ2n) is 5.27. The van der Waals surface area contributed by atoms with Crippen molar-refractivity contribution in [2.45, 2.75) is 0 Å². The Kier molecular flexibility index (Phi) is 5.82. The van der Waals surface area contributed by atoms with Crippen LogP contribution in [0.25, 0.3) is 10.6 Å². The number of nitrogens with zero attached hydrogens (tertiary/aromatic N) is 2. The number of nitrogens with one attached hydrogen (secondary N) is 1. The zero-order valence-corrected chi connectivity index (χ0v) is 15.4. The van der Waals surface area contributed by atoms with Crippen molar-refractivity contribution in [2.75, 3.05) is 26.1 Å². The Morgan fingerprint density at radius 3 is 2.52 bits per heavy atom. The molecule has 1 heterocycles. The van der Waals surface area contributed by atoms with Crippen molar-refractivity contribution in [3.8, 4) is 27.8 Å². The minimum atomic E-state index is -0.394. The number of ether oxygens (including phenoxy) is 3. The minimum Gasteiger partial charge on any atom is -0.493 e. The number of halogens is 1. The molecule has 0 saturated carbocycles. The lowest BCUT2D eigenvalue weighted by atomic mass is 10.2. The van der Waals surface area contributed by atoms with Gasteiger partial charge in [-0.3, -0.25) is 10.1 Å². The Labute approximate surface area is 158 Å². The lowest BCUT2D eigenvalue weighted by Crippen LogP contribution is -2.20. The molecule has 0 unspecified atom stereocenters. The van der Waals surface area contributed by atoms with Crippen LogP contribution >= 0.6 is 11.3 Å². The van der Waals surface area contributed by atoms with Crippen LogP contribution in [0.4, 0.5) is 9.52 Å². The molecule has 0 aliphatic heterocycles. The van der Waals surface area contributed by atoms with E-state index in [0.29, 0.717) is 27.4 Å². The van der Waals surface area contributed by atoms with Crippen LogP contribution in [0, 0.1) is 5.82 Å². The van der Waals surface area contributed by atoms with Crippen molar-refractivity contribution in [2.24, 2.45) is 0 Å². The van der Waals surface area contributed by atoms with E-state index >= 15 is 0 Å². The molecule has 0 spiro atoms. The molecule has 0 saturated heterocycles. The second-order valence-corrected chi connectivity index (χ2v) is 6.25. The van der Waals surface area contributed by atoms with Crippen molar-refractivity contribution in [1.82, 2.24) is 10.2 Å². The lowest BCUT2D eigenvalue weighted by molar-refractivity contribution is -0.118. The quantitative estimate of drug-likeness (QED) is 0.667. The van der Waals surface area contributed by atoms with Gasteiger partial charge in [0.2, 0.25) is 5.13 Å². The van der Waals surface area contributed by atoms with Gasteiger partial charge in [-0.15, -0.1) is 10.2 Å². The first-order chi connectivity index (χ1) is 13.1. The predicted octanol–water partition coefficient (Wildman–Crippen LogP) is 3.38. The van der Waals surface area contributed by atoms with E-state index in [-0.39, 0.29) is 12.4 Å². The van der Waals surface area contributed by atoms with E-state index in [0.717, 1.165) is 5.56 Å². The summed E-state index contributed by atoms with van der Waals surface area (Å²) in [4.78, 5) is 12.0. The highest BCUT2D eigenvalue weighted by atomic mass is 32.1. The van der Waals surface area contributed by atoms with Gasteiger partial charge in [-0.05, 0) is 42.5 Å². The van der Waals surface area contributed by atoms with E-state index in [1.807, 2.05) is 6.07 Å². The molecule has 1 amide bonds. The van der Waals surface area contributed by atoms with E-state index in [4.69, 9.17) is 14.2 Å². The third-order valence-electron chi connectivity index (χ3n) is 3.49. The molecule has 140 valence electrons. The van der Waals surface area contributed by atoms with Crippen molar-refractivity contribution in [3.05, 3.63) is 48.3 Å². The van der Waals surface area contributed by atoms with Crippen LogP contribution in [-0.4, -0.2) is 36.9 Å². The van der Waals surface area contributed by atoms with Gasteiger partial charge in [-0.25, -0.2) is 4.39 Å². The number of methoxy groups -OCH3 is 2.